The summed E-state index contributed by atoms with van der Waals surface area (Å²) in [6, 6.07) is 7.93. The van der Waals surface area contributed by atoms with Crippen molar-refractivity contribution in [3.05, 3.63) is 47.5 Å². The minimum atomic E-state index is -0.800. The smallest absolute Gasteiger partial charge is 0.317 e. The van der Waals surface area contributed by atoms with Crippen LogP contribution in [0.25, 0.3) is 0 Å². The Morgan fingerprint density at radius 3 is 2.20 bits per heavy atom. The van der Waals surface area contributed by atoms with E-state index in [1.165, 1.54) is 12.2 Å². The molecule has 0 aliphatic carbocycles. The SMILES string of the molecule is CN1CCCN(Cc2ccc(CC(=O)NCCN3C(=O)C=CC3=O)cc2)CCN(CC(=O)O)CC1. The fourth-order valence-electron chi connectivity index (χ4n) is 4.23. The molecular weight excluding hydrogens is 450 g/mol. The third-order valence-electron chi connectivity index (χ3n) is 6.26. The van der Waals surface area contributed by atoms with Gasteiger partial charge < -0.3 is 15.3 Å². The van der Waals surface area contributed by atoms with E-state index in [4.69, 9.17) is 0 Å². The Hall–Kier alpha value is -3.08. The van der Waals surface area contributed by atoms with Crippen LogP contribution in [0.3, 0.4) is 0 Å². The minimum absolute atomic E-state index is 0.0555. The number of carbonyl (C=O) groups is 4. The van der Waals surface area contributed by atoms with Gasteiger partial charge in [0.15, 0.2) is 0 Å². The number of nitrogens with one attached hydrogen (secondary N) is 1. The molecule has 3 amide bonds. The summed E-state index contributed by atoms with van der Waals surface area (Å²) in [6.07, 6.45) is 3.73. The first-order chi connectivity index (χ1) is 16.8. The van der Waals surface area contributed by atoms with Crippen molar-refractivity contribution in [2.45, 2.75) is 19.4 Å². The molecule has 2 N–H and O–H groups in total. The van der Waals surface area contributed by atoms with Crippen molar-refractivity contribution >= 4 is 23.7 Å². The van der Waals surface area contributed by atoms with E-state index in [1.807, 2.05) is 29.2 Å². The zero-order chi connectivity index (χ0) is 25.2. The van der Waals surface area contributed by atoms with E-state index in [2.05, 4.69) is 22.2 Å². The Balaban J connectivity index is 1.46. The molecule has 190 valence electrons. The van der Waals surface area contributed by atoms with Crippen LogP contribution in [0.15, 0.2) is 36.4 Å². The monoisotopic (exact) mass is 485 g/mol. The number of rotatable bonds is 9. The summed E-state index contributed by atoms with van der Waals surface area (Å²) in [5, 5.41) is 12.0. The number of hydrogen-bond acceptors (Lipinski definition) is 7. The second kappa shape index (κ2) is 13.1. The number of hydrogen-bond donors (Lipinski definition) is 2. The van der Waals surface area contributed by atoms with Gasteiger partial charge in [-0.25, -0.2) is 0 Å². The maximum Gasteiger partial charge on any atom is 0.317 e. The summed E-state index contributed by atoms with van der Waals surface area (Å²) in [7, 11) is 2.07. The van der Waals surface area contributed by atoms with E-state index in [0.29, 0.717) is 6.54 Å². The molecule has 1 fully saturated rings. The Labute approximate surface area is 206 Å². The molecule has 1 aromatic carbocycles. The van der Waals surface area contributed by atoms with E-state index in [0.717, 1.165) is 61.7 Å². The normalized spacial score (nSPS) is 18.7. The van der Waals surface area contributed by atoms with Crippen LogP contribution in [0.4, 0.5) is 0 Å². The van der Waals surface area contributed by atoms with Gasteiger partial charge in [0, 0.05) is 58.0 Å². The number of likely N-dealkylation sites (N-methyl/N-ethyl adjacent to an activating group) is 1. The average molecular weight is 486 g/mol. The van der Waals surface area contributed by atoms with Crippen molar-refractivity contribution < 1.29 is 24.3 Å². The van der Waals surface area contributed by atoms with Gasteiger partial charge in [0.05, 0.1) is 13.0 Å². The number of benzene rings is 1. The molecule has 0 bridgehead atoms. The van der Waals surface area contributed by atoms with Gasteiger partial charge in [0.25, 0.3) is 11.8 Å². The van der Waals surface area contributed by atoms with Gasteiger partial charge in [0.1, 0.15) is 0 Å². The predicted octanol–water partition coefficient (Wildman–Crippen LogP) is -0.206. The summed E-state index contributed by atoms with van der Waals surface area (Å²) < 4.78 is 0. The Bertz CT molecular complexity index is 915. The van der Waals surface area contributed by atoms with Crippen LogP contribution in [0.2, 0.25) is 0 Å². The molecule has 0 radical (unpaired) electrons. The first kappa shape index (κ1) is 26.5. The fourth-order valence-corrected chi connectivity index (χ4v) is 4.23. The molecule has 10 heteroatoms. The topological polar surface area (TPSA) is 114 Å². The number of aliphatic carboxylic acids is 1. The van der Waals surface area contributed by atoms with E-state index in [-0.39, 0.29) is 43.8 Å². The van der Waals surface area contributed by atoms with Crippen LogP contribution < -0.4 is 5.32 Å². The van der Waals surface area contributed by atoms with E-state index >= 15 is 0 Å². The number of carboxylic acid groups (broad SMARTS) is 1. The highest BCUT2D eigenvalue weighted by molar-refractivity contribution is 6.12. The van der Waals surface area contributed by atoms with E-state index < -0.39 is 5.97 Å². The molecule has 0 atom stereocenters. The fraction of sp³-hybridized carbons (Fsp3) is 0.520. The zero-order valence-corrected chi connectivity index (χ0v) is 20.3. The summed E-state index contributed by atoms with van der Waals surface area (Å²) in [4.78, 5) is 54.2. The van der Waals surface area contributed by atoms with Crippen LogP contribution in [0, 0.1) is 0 Å². The van der Waals surface area contributed by atoms with Crippen molar-refractivity contribution in [2.75, 3.05) is 66.0 Å². The molecule has 2 aliphatic heterocycles. The molecule has 0 spiro atoms. The number of amides is 3. The zero-order valence-electron chi connectivity index (χ0n) is 20.3. The Morgan fingerprint density at radius 1 is 0.886 bits per heavy atom. The highest BCUT2D eigenvalue weighted by atomic mass is 16.4. The lowest BCUT2D eigenvalue weighted by Crippen LogP contribution is -2.43. The maximum atomic E-state index is 12.2. The van der Waals surface area contributed by atoms with Crippen LogP contribution in [0.5, 0.6) is 0 Å². The van der Waals surface area contributed by atoms with Gasteiger partial charge in [0.2, 0.25) is 5.91 Å². The number of carboxylic acids is 1. The molecule has 0 aromatic heterocycles. The lowest BCUT2D eigenvalue weighted by Gasteiger charge is -2.31. The van der Waals surface area contributed by atoms with Gasteiger partial charge in [-0.05, 0) is 37.7 Å². The van der Waals surface area contributed by atoms with Crippen molar-refractivity contribution in [3.8, 4) is 0 Å². The minimum Gasteiger partial charge on any atom is -0.480 e. The standard InChI is InChI=1S/C25H35N5O5/c1-27-10-2-11-28(15-16-29(14-13-27)19-25(34)35)18-21-5-3-20(4-6-21)17-22(31)26-9-12-30-23(32)7-8-24(30)33/h3-8H,2,9-19H2,1H3,(H,26,31)(H,34,35). The molecule has 0 unspecified atom stereocenters. The number of carbonyl (C=O) groups excluding carboxylic acids is 3. The van der Waals surface area contributed by atoms with E-state index in [9.17, 15) is 24.3 Å². The largest absolute Gasteiger partial charge is 0.480 e. The molecule has 1 aromatic rings. The van der Waals surface area contributed by atoms with Gasteiger partial charge in [-0.2, -0.15) is 0 Å². The van der Waals surface area contributed by atoms with Gasteiger partial charge in [-0.1, -0.05) is 24.3 Å². The first-order valence-corrected chi connectivity index (χ1v) is 12.0. The summed E-state index contributed by atoms with van der Waals surface area (Å²) in [5.74, 6) is -1.67. The van der Waals surface area contributed by atoms with Crippen LogP contribution >= 0.6 is 0 Å². The molecule has 3 rings (SSSR count). The van der Waals surface area contributed by atoms with Gasteiger partial charge >= 0.3 is 5.97 Å². The summed E-state index contributed by atoms with van der Waals surface area (Å²) in [6.45, 7) is 6.24. The second-order valence-corrected chi connectivity index (χ2v) is 9.11. The molecule has 35 heavy (non-hydrogen) atoms. The number of nitrogens with zero attached hydrogens (tertiary/aromatic N) is 4. The lowest BCUT2D eigenvalue weighted by molar-refractivity contribution is -0.139. The summed E-state index contributed by atoms with van der Waals surface area (Å²) in [5.41, 5.74) is 2.03. The highest BCUT2D eigenvalue weighted by Crippen LogP contribution is 2.10. The van der Waals surface area contributed by atoms with Gasteiger partial charge in [-0.15, -0.1) is 0 Å². The van der Waals surface area contributed by atoms with E-state index in [1.54, 1.807) is 0 Å². The van der Waals surface area contributed by atoms with Crippen molar-refractivity contribution in [3.63, 3.8) is 0 Å². The molecule has 0 saturated carbocycles. The molecule has 2 heterocycles. The molecule has 10 nitrogen and oxygen atoms in total. The third-order valence-corrected chi connectivity index (χ3v) is 6.26. The van der Waals surface area contributed by atoms with Crippen LogP contribution in [-0.2, 0) is 32.1 Å². The van der Waals surface area contributed by atoms with Crippen molar-refractivity contribution in [2.24, 2.45) is 0 Å². The Kier molecular flexibility index (Phi) is 9.95. The molecule has 1 saturated heterocycles. The molecule has 2 aliphatic rings. The number of imide groups is 1. The van der Waals surface area contributed by atoms with Gasteiger partial charge in [-0.3, -0.25) is 33.9 Å². The van der Waals surface area contributed by atoms with Crippen molar-refractivity contribution in [1.29, 1.82) is 0 Å². The van der Waals surface area contributed by atoms with Crippen molar-refractivity contribution in [1.82, 2.24) is 24.9 Å². The summed E-state index contributed by atoms with van der Waals surface area (Å²) >= 11 is 0. The predicted molar refractivity (Wildman–Crippen MR) is 130 cm³/mol. The first-order valence-electron chi connectivity index (χ1n) is 12.0. The quantitative estimate of drug-likeness (QED) is 0.462. The lowest BCUT2D eigenvalue weighted by atomic mass is 10.1. The second-order valence-electron chi connectivity index (χ2n) is 9.11. The van der Waals surface area contributed by atoms with Crippen LogP contribution in [0.1, 0.15) is 17.5 Å². The molecular formula is C25H35N5O5. The highest BCUT2D eigenvalue weighted by Gasteiger charge is 2.22. The third kappa shape index (κ3) is 8.89. The Morgan fingerprint density at radius 2 is 1.51 bits per heavy atom. The van der Waals surface area contributed by atoms with Crippen LogP contribution in [-0.4, -0.2) is 114 Å². The maximum absolute atomic E-state index is 12.2. The average Bonchev–Trinajstić information content (AvgIpc) is 3.13.